The molecule has 1 atom stereocenters. The fourth-order valence-electron chi connectivity index (χ4n) is 1.96. The molecular formula is C11H21N3O3. The zero-order chi connectivity index (χ0) is 12.8. The van der Waals surface area contributed by atoms with Gasteiger partial charge in [0, 0.05) is 13.1 Å². The average molecular weight is 243 g/mol. The van der Waals surface area contributed by atoms with Crippen LogP contribution in [0.5, 0.6) is 0 Å². The van der Waals surface area contributed by atoms with Gasteiger partial charge in [-0.05, 0) is 39.9 Å². The van der Waals surface area contributed by atoms with Crippen molar-refractivity contribution in [3.63, 3.8) is 0 Å². The van der Waals surface area contributed by atoms with Crippen LogP contribution in [-0.2, 0) is 4.79 Å². The lowest BCUT2D eigenvalue weighted by atomic mass is 10.2. The molecule has 0 aromatic heterocycles. The van der Waals surface area contributed by atoms with Crippen LogP contribution in [0.1, 0.15) is 19.3 Å². The second kappa shape index (κ2) is 6.44. The molecule has 1 unspecified atom stereocenters. The Labute approximate surface area is 102 Å². The van der Waals surface area contributed by atoms with E-state index in [9.17, 15) is 9.59 Å². The van der Waals surface area contributed by atoms with Gasteiger partial charge in [0.2, 0.25) is 0 Å². The van der Waals surface area contributed by atoms with Crippen LogP contribution >= 0.6 is 0 Å². The molecule has 0 aliphatic carbocycles. The van der Waals surface area contributed by atoms with Crippen molar-refractivity contribution in [1.29, 1.82) is 0 Å². The highest BCUT2D eigenvalue weighted by Gasteiger charge is 2.33. The molecule has 98 valence electrons. The van der Waals surface area contributed by atoms with E-state index in [-0.39, 0.29) is 6.03 Å². The Kier molecular flexibility index (Phi) is 5.21. The summed E-state index contributed by atoms with van der Waals surface area (Å²) in [5.41, 5.74) is 0. The molecular weight excluding hydrogens is 222 g/mol. The van der Waals surface area contributed by atoms with Crippen molar-refractivity contribution >= 4 is 12.0 Å². The first-order valence-corrected chi connectivity index (χ1v) is 5.94. The minimum atomic E-state index is -0.911. The first kappa shape index (κ1) is 13.8. The third-order valence-electron chi connectivity index (χ3n) is 2.86. The van der Waals surface area contributed by atoms with E-state index in [0.717, 1.165) is 19.4 Å². The highest BCUT2D eigenvalue weighted by molar-refractivity contribution is 5.83. The molecule has 6 heteroatoms. The molecule has 0 spiro atoms. The minimum Gasteiger partial charge on any atom is -0.480 e. The first-order chi connectivity index (χ1) is 8.02. The van der Waals surface area contributed by atoms with Crippen LogP contribution in [0, 0.1) is 0 Å². The van der Waals surface area contributed by atoms with Gasteiger partial charge in [0.05, 0.1) is 0 Å². The molecule has 0 aromatic carbocycles. The molecule has 6 nitrogen and oxygen atoms in total. The van der Waals surface area contributed by atoms with Gasteiger partial charge in [-0.15, -0.1) is 0 Å². The number of nitrogens with one attached hydrogen (secondary N) is 1. The SMILES string of the molecule is CN(C)CCCNC(=O)N1CCCC1C(=O)O. The van der Waals surface area contributed by atoms with Gasteiger partial charge in [-0.2, -0.15) is 0 Å². The van der Waals surface area contributed by atoms with Crippen molar-refractivity contribution in [3.05, 3.63) is 0 Å². The molecule has 17 heavy (non-hydrogen) atoms. The van der Waals surface area contributed by atoms with Crippen LogP contribution in [0.2, 0.25) is 0 Å². The summed E-state index contributed by atoms with van der Waals surface area (Å²) in [7, 11) is 3.95. The Morgan fingerprint density at radius 3 is 2.76 bits per heavy atom. The van der Waals surface area contributed by atoms with Gasteiger partial charge >= 0.3 is 12.0 Å². The Morgan fingerprint density at radius 1 is 1.47 bits per heavy atom. The summed E-state index contributed by atoms with van der Waals surface area (Å²) in [6, 6.07) is -0.905. The summed E-state index contributed by atoms with van der Waals surface area (Å²) >= 11 is 0. The number of nitrogens with zero attached hydrogens (tertiary/aromatic N) is 2. The monoisotopic (exact) mass is 243 g/mol. The molecule has 1 fully saturated rings. The summed E-state index contributed by atoms with van der Waals surface area (Å²) in [6.45, 7) is 2.03. The van der Waals surface area contributed by atoms with Crippen molar-refractivity contribution in [1.82, 2.24) is 15.1 Å². The van der Waals surface area contributed by atoms with Crippen molar-refractivity contribution in [2.24, 2.45) is 0 Å². The predicted molar refractivity (Wildman–Crippen MR) is 63.9 cm³/mol. The molecule has 1 heterocycles. The van der Waals surface area contributed by atoms with E-state index in [0.29, 0.717) is 19.5 Å². The quantitative estimate of drug-likeness (QED) is 0.676. The summed E-state index contributed by atoms with van der Waals surface area (Å²) in [4.78, 5) is 26.1. The maximum Gasteiger partial charge on any atom is 0.326 e. The number of carboxylic acid groups (broad SMARTS) is 1. The number of urea groups is 1. The van der Waals surface area contributed by atoms with Crippen molar-refractivity contribution in [2.75, 3.05) is 33.7 Å². The number of rotatable bonds is 5. The van der Waals surface area contributed by atoms with Crippen molar-refractivity contribution < 1.29 is 14.7 Å². The van der Waals surface area contributed by atoms with E-state index >= 15 is 0 Å². The van der Waals surface area contributed by atoms with Gasteiger partial charge in [0.25, 0.3) is 0 Å². The largest absolute Gasteiger partial charge is 0.480 e. The van der Waals surface area contributed by atoms with Crippen LogP contribution < -0.4 is 5.32 Å². The van der Waals surface area contributed by atoms with Crippen LogP contribution in [0.15, 0.2) is 0 Å². The van der Waals surface area contributed by atoms with E-state index in [4.69, 9.17) is 5.11 Å². The molecule has 0 radical (unpaired) electrons. The minimum absolute atomic E-state index is 0.256. The number of aliphatic carboxylic acids is 1. The van der Waals surface area contributed by atoms with Gasteiger partial charge in [-0.25, -0.2) is 9.59 Å². The smallest absolute Gasteiger partial charge is 0.326 e. The summed E-state index contributed by atoms with van der Waals surface area (Å²) in [5.74, 6) is -0.911. The summed E-state index contributed by atoms with van der Waals surface area (Å²) in [5, 5.41) is 11.7. The Morgan fingerprint density at radius 2 is 2.18 bits per heavy atom. The fourth-order valence-corrected chi connectivity index (χ4v) is 1.96. The number of carbonyl (C=O) groups excluding carboxylic acids is 1. The number of hydrogen-bond acceptors (Lipinski definition) is 3. The van der Waals surface area contributed by atoms with Crippen LogP contribution in [0.25, 0.3) is 0 Å². The number of hydrogen-bond donors (Lipinski definition) is 2. The van der Waals surface area contributed by atoms with Crippen molar-refractivity contribution in [2.45, 2.75) is 25.3 Å². The van der Waals surface area contributed by atoms with Gasteiger partial charge in [-0.1, -0.05) is 0 Å². The third kappa shape index (κ3) is 4.22. The Bertz CT molecular complexity index is 281. The second-order valence-corrected chi connectivity index (χ2v) is 4.58. The Hall–Kier alpha value is -1.30. The van der Waals surface area contributed by atoms with E-state index in [1.165, 1.54) is 4.90 Å². The summed E-state index contributed by atoms with van der Waals surface area (Å²) < 4.78 is 0. The number of carbonyl (C=O) groups is 2. The van der Waals surface area contributed by atoms with Gasteiger partial charge in [-0.3, -0.25) is 0 Å². The van der Waals surface area contributed by atoms with Crippen molar-refractivity contribution in [3.8, 4) is 0 Å². The highest BCUT2D eigenvalue weighted by atomic mass is 16.4. The molecule has 1 aliphatic heterocycles. The lowest BCUT2D eigenvalue weighted by molar-refractivity contribution is -0.141. The topological polar surface area (TPSA) is 72.9 Å². The van der Waals surface area contributed by atoms with Crippen LogP contribution in [-0.4, -0.2) is 66.7 Å². The molecule has 2 amide bonds. The first-order valence-electron chi connectivity index (χ1n) is 5.94. The highest BCUT2D eigenvalue weighted by Crippen LogP contribution is 2.17. The number of likely N-dealkylation sites (tertiary alicyclic amines) is 1. The molecule has 1 aliphatic rings. The van der Waals surface area contributed by atoms with Gasteiger partial charge in [0.15, 0.2) is 0 Å². The fraction of sp³-hybridized carbons (Fsp3) is 0.818. The molecule has 0 saturated carbocycles. The maximum absolute atomic E-state index is 11.7. The second-order valence-electron chi connectivity index (χ2n) is 4.58. The molecule has 0 bridgehead atoms. The Balaban J connectivity index is 2.29. The van der Waals surface area contributed by atoms with Gasteiger partial charge in [0.1, 0.15) is 6.04 Å². The molecule has 0 aromatic rings. The normalized spacial score (nSPS) is 19.7. The average Bonchev–Trinajstić information content (AvgIpc) is 2.72. The van der Waals surface area contributed by atoms with E-state index in [2.05, 4.69) is 5.32 Å². The standard InChI is InChI=1S/C11H21N3O3/c1-13(2)7-4-6-12-11(17)14-8-3-5-9(14)10(15)16/h9H,3-8H2,1-2H3,(H,12,17)(H,15,16). The lowest BCUT2D eigenvalue weighted by Crippen LogP contribution is -2.46. The zero-order valence-corrected chi connectivity index (χ0v) is 10.5. The van der Waals surface area contributed by atoms with E-state index in [1.807, 2.05) is 19.0 Å². The zero-order valence-electron chi connectivity index (χ0n) is 10.5. The van der Waals surface area contributed by atoms with Gasteiger partial charge < -0.3 is 20.2 Å². The maximum atomic E-state index is 11.7. The molecule has 1 saturated heterocycles. The van der Waals surface area contributed by atoms with Crippen LogP contribution in [0.3, 0.4) is 0 Å². The molecule has 2 N–H and O–H groups in total. The summed E-state index contributed by atoms with van der Waals surface area (Å²) in [6.07, 6.45) is 2.19. The number of amides is 2. The van der Waals surface area contributed by atoms with E-state index in [1.54, 1.807) is 0 Å². The van der Waals surface area contributed by atoms with E-state index < -0.39 is 12.0 Å². The van der Waals surface area contributed by atoms with Crippen LogP contribution in [0.4, 0.5) is 4.79 Å². The third-order valence-corrected chi connectivity index (χ3v) is 2.86. The predicted octanol–water partition coefficient (Wildman–Crippen LogP) is 0.197. The number of carboxylic acids is 1. The molecule has 1 rings (SSSR count). The lowest BCUT2D eigenvalue weighted by Gasteiger charge is -2.22.